The summed E-state index contributed by atoms with van der Waals surface area (Å²) in [5, 5.41) is 10.9. The fraction of sp³-hybridized carbons (Fsp3) is 0.688. The zero-order valence-corrected chi connectivity index (χ0v) is 14.6. The van der Waals surface area contributed by atoms with Gasteiger partial charge in [0.05, 0.1) is 23.3 Å². The first-order valence-corrected chi connectivity index (χ1v) is 8.84. The summed E-state index contributed by atoms with van der Waals surface area (Å²) in [5.41, 5.74) is 0.923. The first kappa shape index (κ1) is 17.4. The van der Waals surface area contributed by atoms with Crippen molar-refractivity contribution in [3.8, 4) is 0 Å². The summed E-state index contributed by atoms with van der Waals surface area (Å²) in [4.78, 5) is 8.77. The fourth-order valence-electron chi connectivity index (χ4n) is 3.51. The summed E-state index contributed by atoms with van der Waals surface area (Å²) in [6.07, 6.45) is 3.27. The minimum absolute atomic E-state index is 0.226. The van der Waals surface area contributed by atoms with Gasteiger partial charge in [-0.1, -0.05) is 23.2 Å². The van der Waals surface area contributed by atoms with E-state index in [-0.39, 0.29) is 6.61 Å². The molecular weight excluding hydrogens is 337 g/mol. The first-order chi connectivity index (χ1) is 11.2. The summed E-state index contributed by atoms with van der Waals surface area (Å²) >= 11 is 12.5. The van der Waals surface area contributed by atoms with Crippen molar-refractivity contribution >= 4 is 23.2 Å². The van der Waals surface area contributed by atoms with Gasteiger partial charge in [0.25, 0.3) is 0 Å². The zero-order valence-electron chi connectivity index (χ0n) is 13.1. The van der Waals surface area contributed by atoms with Crippen LogP contribution < -0.4 is 0 Å². The van der Waals surface area contributed by atoms with Crippen molar-refractivity contribution in [1.29, 1.82) is 0 Å². The van der Waals surface area contributed by atoms with Gasteiger partial charge < -0.3 is 9.84 Å². The van der Waals surface area contributed by atoms with Gasteiger partial charge in [0.2, 0.25) is 0 Å². The smallest absolute Gasteiger partial charge is 0.0649 e. The number of nitrogens with zero attached hydrogens (tertiary/aromatic N) is 3. The number of hydrogen-bond donors (Lipinski definition) is 1. The van der Waals surface area contributed by atoms with Crippen molar-refractivity contribution in [1.82, 2.24) is 14.8 Å². The van der Waals surface area contributed by atoms with Crippen LogP contribution in [0.15, 0.2) is 12.4 Å². The lowest BCUT2D eigenvalue weighted by Crippen LogP contribution is -2.41. The van der Waals surface area contributed by atoms with Gasteiger partial charge in [-0.05, 0) is 11.8 Å². The molecule has 0 saturated carbocycles. The number of pyridine rings is 1. The van der Waals surface area contributed by atoms with E-state index in [2.05, 4.69) is 14.8 Å². The Bertz CT molecular complexity index is 506. The van der Waals surface area contributed by atoms with Gasteiger partial charge in [0.15, 0.2) is 0 Å². The number of hydrogen-bond acceptors (Lipinski definition) is 5. The molecule has 2 saturated heterocycles. The molecular formula is C16H23Cl2N3O2. The van der Waals surface area contributed by atoms with Crippen LogP contribution in [0.4, 0.5) is 0 Å². The van der Waals surface area contributed by atoms with Crippen LogP contribution in [0.2, 0.25) is 10.0 Å². The van der Waals surface area contributed by atoms with E-state index in [4.69, 9.17) is 27.9 Å². The maximum atomic E-state index is 9.73. The van der Waals surface area contributed by atoms with Gasteiger partial charge in [0.1, 0.15) is 0 Å². The van der Waals surface area contributed by atoms with Gasteiger partial charge >= 0.3 is 0 Å². The molecule has 128 valence electrons. The highest BCUT2D eigenvalue weighted by molar-refractivity contribution is 6.35. The minimum Gasteiger partial charge on any atom is -0.396 e. The third kappa shape index (κ3) is 4.35. The van der Waals surface area contributed by atoms with E-state index in [1.54, 1.807) is 12.4 Å². The van der Waals surface area contributed by atoms with Crippen molar-refractivity contribution in [2.75, 3.05) is 52.5 Å². The fourth-order valence-corrected chi connectivity index (χ4v) is 3.99. The van der Waals surface area contributed by atoms with E-state index in [0.29, 0.717) is 28.4 Å². The molecule has 2 aliphatic heterocycles. The van der Waals surface area contributed by atoms with Gasteiger partial charge in [-0.2, -0.15) is 0 Å². The molecule has 0 spiro atoms. The minimum atomic E-state index is 0.226. The third-order valence-electron chi connectivity index (χ3n) is 4.82. The number of ether oxygens (including phenoxy) is 1. The first-order valence-electron chi connectivity index (χ1n) is 8.08. The molecule has 1 aromatic heterocycles. The van der Waals surface area contributed by atoms with Crippen LogP contribution in [0.3, 0.4) is 0 Å². The Morgan fingerprint density at radius 2 is 1.74 bits per heavy atom. The normalized spacial score (nSPS) is 26.7. The SMILES string of the molecule is OC[C@H]1CN(Cc2c(Cl)cncc2Cl)C[C@H]1CN1CCOCC1. The Hall–Kier alpha value is -0.430. The number of halogens is 2. The number of aliphatic hydroxyl groups excluding tert-OH is 1. The van der Waals surface area contributed by atoms with E-state index >= 15 is 0 Å². The van der Waals surface area contributed by atoms with Crippen LogP contribution in [0.25, 0.3) is 0 Å². The standard InChI is InChI=1S/C16H23Cl2N3O2/c17-15-5-19-6-16(18)14(15)10-21-8-12(13(9-21)11-22)7-20-1-3-23-4-2-20/h5-6,12-13,22H,1-4,7-11H2/t12-,13-/m1/s1. The average molecular weight is 360 g/mol. The summed E-state index contributed by atoms with van der Waals surface area (Å²) in [7, 11) is 0. The van der Waals surface area contributed by atoms with Crippen LogP contribution in [0, 0.1) is 11.8 Å². The maximum Gasteiger partial charge on any atom is 0.0649 e. The molecule has 2 fully saturated rings. The van der Waals surface area contributed by atoms with E-state index in [0.717, 1.165) is 51.5 Å². The van der Waals surface area contributed by atoms with Crippen LogP contribution in [-0.4, -0.2) is 72.4 Å². The van der Waals surface area contributed by atoms with Crippen LogP contribution >= 0.6 is 23.2 Å². The average Bonchev–Trinajstić information content (AvgIpc) is 2.94. The van der Waals surface area contributed by atoms with Crippen molar-refractivity contribution in [2.24, 2.45) is 11.8 Å². The second-order valence-corrected chi connectivity index (χ2v) is 7.21. The molecule has 0 unspecified atom stereocenters. The lowest BCUT2D eigenvalue weighted by atomic mass is 9.96. The summed E-state index contributed by atoms with van der Waals surface area (Å²) < 4.78 is 5.41. The third-order valence-corrected chi connectivity index (χ3v) is 5.47. The molecule has 1 N–H and O–H groups in total. The molecule has 0 radical (unpaired) electrons. The largest absolute Gasteiger partial charge is 0.396 e. The predicted molar refractivity (Wildman–Crippen MR) is 90.9 cm³/mol. The molecule has 1 aromatic rings. The Kier molecular flexibility index (Phi) is 6.13. The number of morpholine rings is 1. The number of aliphatic hydroxyl groups is 1. The van der Waals surface area contributed by atoms with E-state index in [1.807, 2.05) is 0 Å². The molecule has 5 nitrogen and oxygen atoms in total. The quantitative estimate of drug-likeness (QED) is 0.867. The Morgan fingerprint density at radius 1 is 1.09 bits per heavy atom. The highest BCUT2D eigenvalue weighted by Crippen LogP contribution is 2.30. The lowest BCUT2D eigenvalue weighted by Gasteiger charge is -2.30. The molecule has 0 aliphatic carbocycles. The summed E-state index contributed by atoms with van der Waals surface area (Å²) in [5.74, 6) is 0.773. The highest BCUT2D eigenvalue weighted by atomic mass is 35.5. The van der Waals surface area contributed by atoms with E-state index in [1.165, 1.54) is 0 Å². The van der Waals surface area contributed by atoms with E-state index < -0.39 is 0 Å². The van der Waals surface area contributed by atoms with Crippen LogP contribution in [0.1, 0.15) is 5.56 Å². The predicted octanol–water partition coefficient (Wildman–Crippen LogP) is 1.76. The Labute approximate surface area is 147 Å². The molecule has 0 amide bonds. The molecule has 23 heavy (non-hydrogen) atoms. The second-order valence-electron chi connectivity index (χ2n) is 6.39. The highest BCUT2D eigenvalue weighted by Gasteiger charge is 2.34. The molecule has 2 aliphatic rings. The van der Waals surface area contributed by atoms with Crippen molar-refractivity contribution in [3.05, 3.63) is 28.0 Å². The number of rotatable bonds is 5. The van der Waals surface area contributed by atoms with E-state index in [9.17, 15) is 5.11 Å². The second kappa shape index (κ2) is 8.10. The zero-order chi connectivity index (χ0) is 16.2. The molecule has 0 aromatic carbocycles. The topological polar surface area (TPSA) is 48.8 Å². The van der Waals surface area contributed by atoms with Crippen molar-refractivity contribution < 1.29 is 9.84 Å². The van der Waals surface area contributed by atoms with Gasteiger partial charge in [-0.25, -0.2) is 0 Å². The molecule has 3 heterocycles. The maximum absolute atomic E-state index is 9.73. The van der Waals surface area contributed by atoms with Crippen molar-refractivity contribution in [2.45, 2.75) is 6.54 Å². The van der Waals surface area contributed by atoms with Crippen LogP contribution in [0.5, 0.6) is 0 Å². The Morgan fingerprint density at radius 3 is 2.39 bits per heavy atom. The monoisotopic (exact) mass is 359 g/mol. The summed E-state index contributed by atoms with van der Waals surface area (Å²) in [6, 6.07) is 0. The number of likely N-dealkylation sites (tertiary alicyclic amines) is 1. The molecule has 7 heteroatoms. The summed E-state index contributed by atoms with van der Waals surface area (Å²) in [6.45, 7) is 7.36. The molecule has 2 atom stereocenters. The van der Waals surface area contributed by atoms with Gasteiger partial charge in [-0.15, -0.1) is 0 Å². The number of aromatic nitrogens is 1. The van der Waals surface area contributed by atoms with Gasteiger partial charge in [0, 0.05) is 63.8 Å². The van der Waals surface area contributed by atoms with Gasteiger partial charge in [-0.3, -0.25) is 14.8 Å². The lowest BCUT2D eigenvalue weighted by molar-refractivity contribution is 0.0264. The Balaban J connectivity index is 1.61. The van der Waals surface area contributed by atoms with Crippen molar-refractivity contribution in [3.63, 3.8) is 0 Å². The molecule has 0 bridgehead atoms. The molecule has 3 rings (SSSR count). The van der Waals surface area contributed by atoms with Crippen LogP contribution in [-0.2, 0) is 11.3 Å².